The molecule has 4 N–H and O–H groups in total. The Hall–Kier alpha value is -1.24. The minimum absolute atomic E-state index is 0.0363. The maximum atomic E-state index is 12.2. The molecule has 162 valence electrons. The monoisotopic (exact) mass is 397 g/mol. The van der Waals surface area contributed by atoms with Crippen LogP contribution in [0.4, 0.5) is 0 Å². The molecule has 0 unspecified atom stereocenters. The second kappa shape index (κ2) is 14.7. The first-order valence-corrected chi connectivity index (χ1v) is 10.9. The van der Waals surface area contributed by atoms with Crippen molar-refractivity contribution < 1.29 is 24.9 Å². The number of unbranched alkanes of at least 4 members (excludes halogenated alkanes) is 5. The molecule has 1 rings (SSSR count). The van der Waals surface area contributed by atoms with Crippen molar-refractivity contribution in [2.75, 3.05) is 13.2 Å². The van der Waals surface area contributed by atoms with Gasteiger partial charge in [0.2, 0.25) is 5.91 Å². The molecule has 0 radical (unpaired) electrons. The summed E-state index contributed by atoms with van der Waals surface area (Å²) in [5, 5.41) is 31.6. The van der Waals surface area contributed by atoms with Crippen molar-refractivity contribution in [1.29, 1.82) is 0 Å². The van der Waals surface area contributed by atoms with E-state index in [0.29, 0.717) is 13.0 Å². The Bertz CT molecular complexity index is 480. The average Bonchev–Trinajstić information content (AvgIpc) is 2.94. The highest BCUT2D eigenvalue weighted by atomic mass is 16.3. The van der Waals surface area contributed by atoms with Crippen molar-refractivity contribution >= 4 is 11.7 Å². The van der Waals surface area contributed by atoms with Gasteiger partial charge in [-0.1, -0.05) is 57.6 Å². The molecule has 1 amide bonds. The van der Waals surface area contributed by atoms with E-state index in [2.05, 4.69) is 12.2 Å². The van der Waals surface area contributed by atoms with E-state index in [1.54, 1.807) is 6.08 Å². The highest BCUT2D eigenvalue weighted by molar-refractivity contribution is 5.84. The summed E-state index contributed by atoms with van der Waals surface area (Å²) in [6.45, 7) is 2.38. The van der Waals surface area contributed by atoms with Crippen LogP contribution in [-0.2, 0) is 9.59 Å². The second-order valence-corrected chi connectivity index (χ2v) is 7.90. The van der Waals surface area contributed by atoms with Gasteiger partial charge in [0, 0.05) is 31.2 Å². The number of hydrogen-bond donors (Lipinski definition) is 4. The van der Waals surface area contributed by atoms with Crippen LogP contribution in [0, 0.1) is 11.8 Å². The van der Waals surface area contributed by atoms with Crippen LogP contribution in [0.15, 0.2) is 12.2 Å². The van der Waals surface area contributed by atoms with Crippen molar-refractivity contribution in [2.24, 2.45) is 11.8 Å². The van der Waals surface area contributed by atoms with Crippen LogP contribution in [0.1, 0.15) is 77.6 Å². The predicted octanol–water partition coefficient (Wildman–Crippen LogP) is 2.50. The Morgan fingerprint density at radius 1 is 1.21 bits per heavy atom. The third-order valence-corrected chi connectivity index (χ3v) is 5.49. The molecule has 0 heterocycles. The molecule has 0 aromatic heterocycles. The zero-order valence-electron chi connectivity index (χ0n) is 17.3. The third-order valence-electron chi connectivity index (χ3n) is 5.49. The number of rotatable bonds is 15. The van der Waals surface area contributed by atoms with Gasteiger partial charge in [-0.15, -0.1) is 0 Å². The SMILES string of the molecule is CCCCC[C@H](O)/C=C/[C@H]1[C@@H](O)CC(=O)[C@@H]1CCCCCCC(=O)NCCO. The highest BCUT2D eigenvalue weighted by Crippen LogP contribution is 2.34. The van der Waals surface area contributed by atoms with E-state index >= 15 is 0 Å². The van der Waals surface area contributed by atoms with E-state index in [4.69, 9.17) is 5.11 Å². The molecule has 28 heavy (non-hydrogen) atoms. The summed E-state index contributed by atoms with van der Waals surface area (Å²) >= 11 is 0. The van der Waals surface area contributed by atoms with Crippen LogP contribution in [0.2, 0.25) is 0 Å². The molecule has 6 heteroatoms. The van der Waals surface area contributed by atoms with Gasteiger partial charge < -0.3 is 20.6 Å². The van der Waals surface area contributed by atoms with Crippen LogP contribution in [0.25, 0.3) is 0 Å². The second-order valence-electron chi connectivity index (χ2n) is 7.90. The fourth-order valence-corrected chi connectivity index (χ4v) is 3.84. The number of aliphatic hydroxyl groups is 3. The van der Waals surface area contributed by atoms with Gasteiger partial charge in [-0.05, 0) is 19.3 Å². The summed E-state index contributed by atoms with van der Waals surface area (Å²) in [5.41, 5.74) is 0. The number of aliphatic hydroxyl groups excluding tert-OH is 3. The lowest BCUT2D eigenvalue weighted by Crippen LogP contribution is -2.25. The molecule has 0 bridgehead atoms. The molecular formula is C22H39NO5. The van der Waals surface area contributed by atoms with Gasteiger partial charge in [-0.3, -0.25) is 9.59 Å². The first-order chi connectivity index (χ1) is 13.5. The van der Waals surface area contributed by atoms with Gasteiger partial charge in [0.05, 0.1) is 18.8 Å². The topological polar surface area (TPSA) is 107 Å². The van der Waals surface area contributed by atoms with Gasteiger partial charge in [0.25, 0.3) is 0 Å². The number of Topliss-reactive ketones (excluding diaryl/α,β-unsaturated/α-hetero) is 1. The standard InChI is InChI=1S/C22H39NO5/c1-2-3-6-9-17(25)12-13-19-18(20(26)16-21(19)27)10-7-4-5-8-11-22(28)23-14-15-24/h12-13,17-19,21,24-25,27H,2-11,14-16H2,1H3,(H,23,28)/b13-12+/t17-,18+,19+,21-/m0/s1. The molecule has 0 aromatic carbocycles. The van der Waals surface area contributed by atoms with Crippen molar-refractivity contribution in [2.45, 2.75) is 89.8 Å². The molecule has 1 aliphatic carbocycles. The molecule has 0 spiro atoms. The van der Waals surface area contributed by atoms with Crippen LogP contribution in [0.3, 0.4) is 0 Å². The largest absolute Gasteiger partial charge is 0.395 e. The number of nitrogens with one attached hydrogen (secondary N) is 1. The van der Waals surface area contributed by atoms with Crippen LogP contribution in [0.5, 0.6) is 0 Å². The number of hydrogen-bond acceptors (Lipinski definition) is 5. The lowest BCUT2D eigenvalue weighted by Gasteiger charge is -2.18. The van der Waals surface area contributed by atoms with Gasteiger partial charge in [-0.25, -0.2) is 0 Å². The summed E-state index contributed by atoms with van der Waals surface area (Å²) in [5.74, 6) is -0.281. The minimum Gasteiger partial charge on any atom is -0.395 e. The molecule has 0 saturated heterocycles. The zero-order valence-corrected chi connectivity index (χ0v) is 17.3. The van der Waals surface area contributed by atoms with E-state index in [-0.39, 0.29) is 36.6 Å². The summed E-state index contributed by atoms with van der Waals surface area (Å²) in [4.78, 5) is 23.7. The number of ketones is 1. The first kappa shape index (κ1) is 24.8. The zero-order chi connectivity index (χ0) is 20.8. The number of amides is 1. The van der Waals surface area contributed by atoms with E-state index in [9.17, 15) is 19.8 Å². The Morgan fingerprint density at radius 3 is 2.68 bits per heavy atom. The fraction of sp³-hybridized carbons (Fsp3) is 0.818. The molecule has 0 aromatic rings. The predicted molar refractivity (Wildman–Crippen MR) is 110 cm³/mol. The molecule has 1 aliphatic rings. The summed E-state index contributed by atoms with van der Waals surface area (Å²) in [6.07, 6.45) is 11.3. The Kier molecular flexibility index (Phi) is 13.0. The van der Waals surface area contributed by atoms with E-state index < -0.39 is 12.2 Å². The van der Waals surface area contributed by atoms with Crippen molar-refractivity contribution in [3.63, 3.8) is 0 Å². The van der Waals surface area contributed by atoms with Crippen molar-refractivity contribution in [1.82, 2.24) is 5.32 Å². The maximum absolute atomic E-state index is 12.2. The van der Waals surface area contributed by atoms with Crippen LogP contribution < -0.4 is 5.32 Å². The Balaban J connectivity index is 2.31. The van der Waals surface area contributed by atoms with Crippen molar-refractivity contribution in [3.05, 3.63) is 12.2 Å². The van der Waals surface area contributed by atoms with Gasteiger partial charge in [0.15, 0.2) is 0 Å². The lowest BCUT2D eigenvalue weighted by molar-refractivity contribution is -0.122. The minimum atomic E-state index is -0.646. The summed E-state index contributed by atoms with van der Waals surface area (Å²) in [6, 6.07) is 0. The highest BCUT2D eigenvalue weighted by Gasteiger charge is 2.39. The Labute approximate surface area is 169 Å². The molecule has 4 atom stereocenters. The molecule has 6 nitrogen and oxygen atoms in total. The fourth-order valence-electron chi connectivity index (χ4n) is 3.84. The molecule has 1 fully saturated rings. The quantitative estimate of drug-likeness (QED) is 0.251. The first-order valence-electron chi connectivity index (χ1n) is 10.9. The average molecular weight is 398 g/mol. The third kappa shape index (κ3) is 9.80. The van der Waals surface area contributed by atoms with E-state index in [1.807, 2.05) is 6.08 Å². The van der Waals surface area contributed by atoms with Gasteiger partial charge >= 0.3 is 0 Å². The molecular weight excluding hydrogens is 358 g/mol. The van der Waals surface area contributed by atoms with Gasteiger partial charge in [-0.2, -0.15) is 0 Å². The number of carbonyl (C=O) groups is 2. The van der Waals surface area contributed by atoms with E-state index in [0.717, 1.165) is 57.8 Å². The van der Waals surface area contributed by atoms with Crippen LogP contribution >= 0.6 is 0 Å². The van der Waals surface area contributed by atoms with Crippen LogP contribution in [-0.4, -0.2) is 52.4 Å². The van der Waals surface area contributed by atoms with Gasteiger partial charge in [0.1, 0.15) is 5.78 Å². The molecule has 1 saturated carbocycles. The normalized spacial score (nSPS) is 23.4. The Morgan fingerprint density at radius 2 is 1.96 bits per heavy atom. The van der Waals surface area contributed by atoms with E-state index in [1.165, 1.54) is 0 Å². The number of carbonyl (C=O) groups excluding carboxylic acids is 2. The summed E-state index contributed by atoms with van der Waals surface area (Å²) < 4.78 is 0. The lowest BCUT2D eigenvalue weighted by atomic mass is 9.88. The maximum Gasteiger partial charge on any atom is 0.220 e. The summed E-state index contributed by atoms with van der Waals surface area (Å²) in [7, 11) is 0. The molecule has 0 aliphatic heterocycles. The smallest absolute Gasteiger partial charge is 0.220 e. The van der Waals surface area contributed by atoms with Crippen molar-refractivity contribution in [3.8, 4) is 0 Å².